The number of phenolic OH excluding ortho intramolecular Hbond substituents is 1. The molecule has 0 radical (unpaired) electrons. The number of aryl methyl sites for hydroxylation is 2. The van der Waals surface area contributed by atoms with Crippen LogP contribution in [-0.4, -0.2) is 17.7 Å². The molecule has 0 spiro atoms. The second kappa shape index (κ2) is 17.9. The average molecular weight is 475 g/mol. The summed E-state index contributed by atoms with van der Waals surface area (Å²) in [6.45, 7) is 11.4. The van der Waals surface area contributed by atoms with E-state index in [1.807, 2.05) is 0 Å². The zero-order valence-electron chi connectivity index (χ0n) is 23.1. The SMILES string of the molecule is CCCCCCCCCCCCCCCCOC(=O)CCc1cc(C(C)(C)C)cc(CC)c1O. The molecule has 1 aromatic rings. The highest BCUT2D eigenvalue weighted by Gasteiger charge is 2.18. The Labute approximate surface area is 211 Å². The lowest BCUT2D eigenvalue weighted by molar-refractivity contribution is -0.143. The van der Waals surface area contributed by atoms with Crippen molar-refractivity contribution in [3.63, 3.8) is 0 Å². The van der Waals surface area contributed by atoms with Gasteiger partial charge in [-0.05, 0) is 41.4 Å². The van der Waals surface area contributed by atoms with E-state index < -0.39 is 0 Å². The molecule has 0 aliphatic carbocycles. The minimum absolute atomic E-state index is 0.0146. The van der Waals surface area contributed by atoms with Crippen LogP contribution in [0.3, 0.4) is 0 Å². The first-order valence-electron chi connectivity index (χ1n) is 14.3. The van der Waals surface area contributed by atoms with Crippen molar-refractivity contribution in [3.8, 4) is 5.75 Å². The minimum atomic E-state index is -0.159. The molecule has 1 N–H and O–H groups in total. The molecule has 34 heavy (non-hydrogen) atoms. The van der Waals surface area contributed by atoms with Crippen molar-refractivity contribution in [2.45, 2.75) is 149 Å². The predicted molar refractivity (Wildman–Crippen MR) is 146 cm³/mol. The van der Waals surface area contributed by atoms with Crippen LogP contribution in [0, 0.1) is 0 Å². The molecule has 0 bridgehead atoms. The summed E-state index contributed by atoms with van der Waals surface area (Å²) in [5.74, 6) is 0.184. The molecule has 0 atom stereocenters. The zero-order valence-corrected chi connectivity index (χ0v) is 23.1. The maximum absolute atomic E-state index is 12.2. The Kier molecular flexibility index (Phi) is 16.0. The van der Waals surface area contributed by atoms with E-state index in [-0.39, 0.29) is 11.4 Å². The van der Waals surface area contributed by atoms with Gasteiger partial charge in [0.2, 0.25) is 0 Å². The van der Waals surface area contributed by atoms with Crippen LogP contribution in [0.15, 0.2) is 12.1 Å². The predicted octanol–water partition coefficient (Wildman–Crippen LogP) is 9.21. The molecular weight excluding hydrogens is 420 g/mol. The normalized spacial score (nSPS) is 11.7. The summed E-state index contributed by atoms with van der Waals surface area (Å²) in [6.07, 6.45) is 20.2. The molecule has 0 heterocycles. The first-order valence-corrected chi connectivity index (χ1v) is 14.3. The number of benzene rings is 1. The van der Waals surface area contributed by atoms with Crippen LogP contribution in [-0.2, 0) is 27.8 Å². The minimum Gasteiger partial charge on any atom is -0.507 e. The van der Waals surface area contributed by atoms with Gasteiger partial charge in [0, 0.05) is 6.42 Å². The van der Waals surface area contributed by atoms with Gasteiger partial charge < -0.3 is 9.84 Å². The standard InChI is InChI=1S/C31H54O3/c1-6-8-9-10-11-12-13-14-15-16-17-18-19-20-23-34-29(32)22-21-27-25-28(31(3,4)5)24-26(7-2)30(27)33/h24-25,33H,6-23H2,1-5H3. The number of carbonyl (C=O) groups is 1. The van der Waals surface area contributed by atoms with Gasteiger partial charge >= 0.3 is 5.97 Å². The fraction of sp³-hybridized carbons (Fsp3) is 0.774. The molecule has 0 saturated carbocycles. The summed E-state index contributed by atoms with van der Waals surface area (Å²) in [7, 11) is 0. The summed E-state index contributed by atoms with van der Waals surface area (Å²) in [5, 5.41) is 10.6. The van der Waals surface area contributed by atoms with Gasteiger partial charge in [0.1, 0.15) is 5.75 Å². The Hall–Kier alpha value is -1.51. The van der Waals surface area contributed by atoms with E-state index in [9.17, 15) is 9.90 Å². The number of phenols is 1. The summed E-state index contributed by atoms with van der Waals surface area (Å²) in [4.78, 5) is 12.2. The zero-order chi connectivity index (χ0) is 25.2. The number of ether oxygens (including phenoxy) is 1. The molecule has 0 aromatic heterocycles. The van der Waals surface area contributed by atoms with Crippen molar-refractivity contribution in [2.75, 3.05) is 6.61 Å². The van der Waals surface area contributed by atoms with E-state index in [0.29, 0.717) is 25.2 Å². The number of hydrogen-bond acceptors (Lipinski definition) is 3. The molecule has 3 heteroatoms. The second-order valence-corrected chi connectivity index (χ2v) is 11.1. The van der Waals surface area contributed by atoms with Crippen LogP contribution in [0.5, 0.6) is 5.75 Å². The lowest BCUT2D eigenvalue weighted by Crippen LogP contribution is -2.13. The molecule has 1 aromatic carbocycles. The van der Waals surface area contributed by atoms with Crippen LogP contribution in [0.2, 0.25) is 0 Å². The van der Waals surface area contributed by atoms with E-state index in [0.717, 1.165) is 30.4 Å². The molecule has 0 fully saturated rings. The van der Waals surface area contributed by atoms with Crippen molar-refractivity contribution in [2.24, 2.45) is 0 Å². The third-order valence-electron chi connectivity index (χ3n) is 6.87. The van der Waals surface area contributed by atoms with Gasteiger partial charge in [0.15, 0.2) is 0 Å². The summed E-state index contributed by atoms with van der Waals surface area (Å²) >= 11 is 0. The number of esters is 1. The van der Waals surface area contributed by atoms with E-state index in [1.165, 1.54) is 82.6 Å². The summed E-state index contributed by atoms with van der Waals surface area (Å²) in [6, 6.07) is 4.14. The Morgan fingerprint density at radius 2 is 1.24 bits per heavy atom. The van der Waals surface area contributed by atoms with Gasteiger partial charge in [0.05, 0.1) is 6.61 Å². The largest absolute Gasteiger partial charge is 0.507 e. The maximum atomic E-state index is 12.2. The Bertz CT molecular complexity index is 672. The van der Waals surface area contributed by atoms with Crippen LogP contribution < -0.4 is 0 Å². The highest BCUT2D eigenvalue weighted by molar-refractivity contribution is 5.70. The fourth-order valence-electron chi connectivity index (χ4n) is 4.44. The molecule has 0 aliphatic rings. The van der Waals surface area contributed by atoms with Gasteiger partial charge in [-0.3, -0.25) is 4.79 Å². The molecule has 0 aliphatic heterocycles. The average Bonchev–Trinajstić information content (AvgIpc) is 2.80. The quantitative estimate of drug-likeness (QED) is 0.160. The number of aromatic hydroxyl groups is 1. The lowest BCUT2D eigenvalue weighted by Gasteiger charge is -2.22. The first-order chi connectivity index (χ1) is 16.3. The fourth-order valence-corrected chi connectivity index (χ4v) is 4.44. The topological polar surface area (TPSA) is 46.5 Å². The van der Waals surface area contributed by atoms with Gasteiger partial charge in [-0.25, -0.2) is 0 Å². The first kappa shape index (κ1) is 30.5. The molecule has 0 amide bonds. The van der Waals surface area contributed by atoms with E-state index >= 15 is 0 Å². The lowest BCUT2D eigenvalue weighted by atomic mass is 9.84. The monoisotopic (exact) mass is 474 g/mol. The van der Waals surface area contributed by atoms with Crippen LogP contribution in [0.4, 0.5) is 0 Å². The Morgan fingerprint density at radius 1 is 0.765 bits per heavy atom. The summed E-state index contributed by atoms with van der Waals surface area (Å²) in [5.41, 5.74) is 3.03. The van der Waals surface area contributed by atoms with Crippen LogP contribution >= 0.6 is 0 Å². The Balaban J connectivity index is 2.10. The third kappa shape index (κ3) is 13.4. The second-order valence-electron chi connectivity index (χ2n) is 11.1. The third-order valence-corrected chi connectivity index (χ3v) is 6.87. The van der Waals surface area contributed by atoms with Crippen molar-refractivity contribution in [3.05, 3.63) is 28.8 Å². The van der Waals surface area contributed by atoms with Gasteiger partial charge in [-0.15, -0.1) is 0 Å². The van der Waals surface area contributed by atoms with Gasteiger partial charge in [-0.2, -0.15) is 0 Å². The van der Waals surface area contributed by atoms with Crippen LogP contribution in [0.1, 0.15) is 148 Å². The molecular formula is C31H54O3. The van der Waals surface area contributed by atoms with Crippen molar-refractivity contribution >= 4 is 5.97 Å². The number of rotatable bonds is 19. The van der Waals surface area contributed by atoms with Crippen molar-refractivity contribution < 1.29 is 14.6 Å². The van der Waals surface area contributed by atoms with E-state index in [2.05, 4.69) is 46.8 Å². The van der Waals surface area contributed by atoms with E-state index in [4.69, 9.17) is 4.74 Å². The molecule has 1 rings (SSSR count). The highest BCUT2D eigenvalue weighted by atomic mass is 16.5. The smallest absolute Gasteiger partial charge is 0.306 e. The molecule has 0 saturated heterocycles. The highest BCUT2D eigenvalue weighted by Crippen LogP contribution is 2.32. The molecule has 0 unspecified atom stereocenters. The number of carbonyl (C=O) groups excluding carboxylic acids is 1. The molecule has 196 valence electrons. The van der Waals surface area contributed by atoms with E-state index in [1.54, 1.807) is 0 Å². The van der Waals surface area contributed by atoms with Crippen LogP contribution in [0.25, 0.3) is 0 Å². The number of hydrogen-bond donors (Lipinski definition) is 1. The van der Waals surface area contributed by atoms with Gasteiger partial charge in [-0.1, -0.05) is 130 Å². The summed E-state index contributed by atoms with van der Waals surface area (Å²) < 4.78 is 5.44. The Morgan fingerprint density at radius 3 is 1.71 bits per heavy atom. The van der Waals surface area contributed by atoms with Gasteiger partial charge in [0.25, 0.3) is 0 Å². The maximum Gasteiger partial charge on any atom is 0.306 e. The van der Waals surface area contributed by atoms with Crippen molar-refractivity contribution in [1.82, 2.24) is 0 Å². The van der Waals surface area contributed by atoms with Crippen molar-refractivity contribution in [1.29, 1.82) is 0 Å². The number of unbranched alkanes of at least 4 members (excludes halogenated alkanes) is 13. The molecule has 3 nitrogen and oxygen atoms in total.